The summed E-state index contributed by atoms with van der Waals surface area (Å²) in [5.74, 6) is -0.0719. The van der Waals surface area contributed by atoms with Crippen LogP contribution >= 0.6 is 15.9 Å². The number of rotatable bonds is 3. The Bertz CT molecular complexity index is 392. The van der Waals surface area contributed by atoms with Crippen LogP contribution in [0.2, 0.25) is 0 Å². The second-order valence-electron chi connectivity index (χ2n) is 4.25. The Hall–Kier alpha value is -0.780. The third-order valence-electron chi connectivity index (χ3n) is 3.09. The van der Waals surface area contributed by atoms with Gasteiger partial charge >= 0.3 is 0 Å². The predicted molar refractivity (Wildman–Crippen MR) is 70.5 cm³/mol. The lowest BCUT2D eigenvalue weighted by molar-refractivity contribution is 0.243. The number of aromatic hydroxyl groups is 2. The summed E-state index contributed by atoms with van der Waals surface area (Å²) >= 11 is 3.18. The molecule has 1 aliphatic heterocycles. The van der Waals surface area contributed by atoms with Crippen LogP contribution in [-0.4, -0.2) is 47.8 Å². The SMILES string of the molecule is Oc1c(Br)ccc(CCN2CCNCC2)c1O. The van der Waals surface area contributed by atoms with Gasteiger partial charge in [0.25, 0.3) is 0 Å². The second-order valence-corrected chi connectivity index (χ2v) is 5.10. The fourth-order valence-corrected chi connectivity index (χ4v) is 2.33. The van der Waals surface area contributed by atoms with Crippen LogP contribution in [0, 0.1) is 0 Å². The minimum atomic E-state index is -0.0668. The molecule has 94 valence electrons. The summed E-state index contributed by atoms with van der Waals surface area (Å²) in [4.78, 5) is 2.36. The maximum atomic E-state index is 9.80. The highest BCUT2D eigenvalue weighted by molar-refractivity contribution is 9.10. The highest BCUT2D eigenvalue weighted by Crippen LogP contribution is 2.36. The first kappa shape index (κ1) is 12.7. The van der Waals surface area contributed by atoms with Crippen LogP contribution in [0.1, 0.15) is 5.56 Å². The molecule has 4 nitrogen and oxygen atoms in total. The topological polar surface area (TPSA) is 55.7 Å². The van der Waals surface area contributed by atoms with E-state index in [1.807, 2.05) is 6.07 Å². The lowest BCUT2D eigenvalue weighted by Crippen LogP contribution is -2.44. The molecule has 1 aromatic carbocycles. The van der Waals surface area contributed by atoms with Crippen molar-refractivity contribution in [3.63, 3.8) is 0 Å². The molecular formula is C12H17BrN2O2. The molecule has 1 aliphatic rings. The van der Waals surface area contributed by atoms with Gasteiger partial charge in [0.15, 0.2) is 11.5 Å². The van der Waals surface area contributed by atoms with Gasteiger partial charge in [-0.3, -0.25) is 0 Å². The Morgan fingerprint density at radius 1 is 1.18 bits per heavy atom. The van der Waals surface area contributed by atoms with E-state index in [9.17, 15) is 10.2 Å². The average Bonchev–Trinajstić information content (AvgIpc) is 2.36. The molecule has 2 rings (SSSR count). The molecule has 0 aromatic heterocycles. The second kappa shape index (κ2) is 5.71. The van der Waals surface area contributed by atoms with Gasteiger partial charge in [-0.05, 0) is 34.0 Å². The van der Waals surface area contributed by atoms with Gasteiger partial charge in [0.2, 0.25) is 0 Å². The van der Waals surface area contributed by atoms with Crippen molar-refractivity contribution < 1.29 is 10.2 Å². The molecule has 1 heterocycles. The predicted octanol–water partition coefficient (Wildman–Crippen LogP) is 1.31. The number of nitrogens with one attached hydrogen (secondary N) is 1. The Labute approximate surface area is 109 Å². The quantitative estimate of drug-likeness (QED) is 0.737. The van der Waals surface area contributed by atoms with Gasteiger partial charge in [-0.2, -0.15) is 0 Å². The van der Waals surface area contributed by atoms with E-state index >= 15 is 0 Å². The van der Waals surface area contributed by atoms with Gasteiger partial charge in [-0.25, -0.2) is 0 Å². The molecular weight excluding hydrogens is 284 g/mol. The molecule has 0 unspecified atom stereocenters. The van der Waals surface area contributed by atoms with Crippen molar-refractivity contribution in [1.29, 1.82) is 0 Å². The molecule has 0 bridgehead atoms. The largest absolute Gasteiger partial charge is 0.504 e. The fourth-order valence-electron chi connectivity index (χ4n) is 2.01. The number of phenolic OH excluding ortho intramolecular Hbond substituents is 2. The summed E-state index contributed by atoms with van der Waals surface area (Å²) in [5.41, 5.74) is 0.796. The van der Waals surface area contributed by atoms with Crippen LogP contribution in [0.5, 0.6) is 11.5 Å². The van der Waals surface area contributed by atoms with Gasteiger partial charge in [-0.1, -0.05) is 6.07 Å². The highest BCUT2D eigenvalue weighted by atomic mass is 79.9. The maximum Gasteiger partial charge on any atom is 0.172 e. The standard InChI is InChI=1S/C12H17BrN2O2/c13-10-2-1-9(11(16)12(10)17)3-6-15-7-4-14-5-8-15/h1-2,14,16-17H,3-8H2. The number of hydrogen-bond donors (Lipinski definition) is 3. The smallest absolute Gasteiger partial charge is 0.172 e. The average molecular weight is 301 g/mol. The van der Waals surface area contributed by atoms with Crippen molar-refractivity contribution in [3.05, 3.63) is 22.2 Å². The molecule has 0 amide bonds. The van der Waals surface area contributed by atoms with Crippen LogP contribution in [-0.2, 0) is 6.42 Å². The summed E-state index contributed by atoms with van der Waals surface area (Å²) in [5, 5.41) is 22.7. The van der Waals surface area contributed by atoms with Gasteiger partial charge in [0.1, 0.15) is 0 Å². The number of hydrogen-bond acceptors (Lipinski definition) is 4. The maximum absolute atomic E-state index is 9.80. The Balaban J connectivity index is 1.96. The van der Waals surface area contributed by atoms with Crippen molar-refractivity contribution in [2.45, 2.75) is 6.42 Å². The van der Waals surface area contributed by atoms with E-state index in [0.717, 1.165) is 44.7 Å². The number of phenols is 2. The van der Waals surface area contributed by atoms with E-state index in [-0.39, 0.29) is 11.5 Å². The van der Waals surface area contributed by atoms with E-state index in [4.69, 9.17) is 0 Å². The van der Waals surface area contributed by atoms with Crippen molar-refractivity contribution >= 4 is 15.9 Å². The zero-order valence-corrected chi connectivity index (χ0v) is 11.2. The zero-order chi connectivity index (χ0) is 12.3. The van der Waals surface area contributed by atoms with E-state index < -0.39 is 0 Å². The number of nitrogens with zero attached hydrogens (tertiary/aromatic N) is 1. The van der Waals surface area contributed by atoms with Gasteiger partial charge in [0, 0.05) is 32.7 Å². The van der Waals surface area contributed by atoms with Crippen molar-refractivity contribution in [3.8, 4) is 11.5 Å². The molecule has 1 saturated heterocycles. The molecule has 3 N–H and O–H groups in total. The molecule has 1 fully saturated rings. The zero-order valence-electron chi connectivity index (χ0n) is 9.62. The molecule has 0 radical (unpaired) electrons. The Morgan fingerprint density at radius 3 is 2.59 bits per heavy atom. The molecule has 0 saturated carbocycles. The summed E-state index contributed by atoms with van der Waals surface area (Å²) in [6.07, 6.45) is 0.757. The Kier molecular flexibility index (Phi) is 4.25. The first-order valence-electron chi connectivity index (χ1n) is 5.81. The monoisotopic (exact) mass is 300 g/mol. The lowest BCUT2D eigenvalue weighted by Gasteiger charge is -2.27. The van der Waals surface area contributed by atoms with Gasteiger partial charge in [0.05, 0.1) is 4.47 Å². The third kappa shape index (κ3) is 3.12. The third-order valence-corrected chi connectivity index (χ3v) is 3.73. The van der Waals surface area contributed by atoms with Crippen LogP contribution in [0.3, 0.4) is 0 Å². The molecule has 0 spiro atoms. The minimum Gasteiger partial charge on any atom is -0.504 e. The molecule has 0 aliphatic carbocycles. The normalized spacial score (nSPS) is 17.2. The summed E-state index contributed by atoms with van der Waals surface area (Å²) in [6, 6.07) is 3.61. The van der Waals surface area contributed by atoms with Gasteiger partial charge in [-0.15, -0.1) is 0 Å². The first-order chi connectivity index (χ1) is 8.18. The highest BCUT2D eigenvalue weighted by Gasteiger charge is 2.13. The number of benzene rings is 1. The molecule has 5 heteroatoms. The van der Waals surface area contributed by atoms with Crippen molar-refractivity contribution in [2.24, 2.45) is 0 Å². The fraction of sp³-hybridized carbons (Fsp3) is 0.500. The molecule has 1 aromatic rings. The number of piperazine rings is 1. The van der Waals surface area contributed by atoms with Crippen LogP contribution < -0.4 is 5.32 Å². The van der Waals surface area contributed by atoms with E-state index in [2.05, 4.69) is 26.1 Å². The first-order valence-corrected chi connectivity index (χ1v) is 6.60. The van der Waals surface area contributed by atoms with E-state index in [1.165, 1.54) is 0 Å². The van der Waals surface area contributed by atoms with Crippen LogP contribution in [0.25, 0.3) is 0 Å². The summed E-state index contributed by atoms with van der Waals surface area (Å²) in [7, 11) is 0. The van der Waals surface area contributed by atoms with Crippen LogP contribution in [0.15, 0.2) is 16.6 Å². The van der Waals surface area contributed by atoms with Crippen molar-refractivity contribution in [1.82, 2.24) is 10.2 Å². The van der Waals surface area contributed by atoms with E-state index in [1.54, 1.807) is 6.07 Å². The molecule has 0 atom stereocenters. The van der Waals surface area contributed by atoms with Crippen molar-refractivity contribution in [2.75, 3.05) is 32.7 Å². The van der Waals surface area contributed by atoms with E-state index in [0.29, 0.717) is 4.47 Å². The lowest BCUT2D eigenvalue weighted by atomic mass is 10.1. The number of halogens is 1. The minimum absolute atomic E-state index is 0.00508. The summed E-state index contributed by atoms with van der Waals surface area (Å²) < 4.78 is 0.529. The van der Waals surface area contributed by atoms with Crippen LogP contribution in [0.4, 0.5) is 0 Å². The molecule has 17 heavy (non-hydrogen) atoms. The Morgan fingerprint density at radius 2 is 1.88 bits per heavy atom. The summed E-state index contributed by atoms with van der Waals surface area (Å²) in [6.45, 7) is 5.05. The van der Waals surface area contributed by atoms with Gasteiger partial charge < -0.3 is 20.4 Å².